The number of hydrogen-bond donors (Lipinski definition) is 1. The number of amides is 2. The van der Waals surface area contributed by atoms with Crippen LogP contribution in [0.25, 0.3) is 0 Å². The second-order valence-electron chi connectivity index (χ2n) is 6.65. The third kappa shape index (κ3) is 4.75. The summed E-state index contributed by atoms with van der Waals surface area (Å²) in [6, 6.07) is 13.2. The van der Waals surface area contributed by atoms with Gasteiger partial charge in [0.15, 0.2) is 0 Å². The van der Waals surface area contributed by atoms with E-state index in [0.717, 1.165) is 10.6 Å². The highest BCUT2D eigenvalue weighted by Gasteiger charge is 2.23. The first-order valence-electron chi connectivity index (χ1n) is 9.09. The van der Waals surface area contributed by atoms with Crippen LogP contribution in [0.3, 0.4) is 0 Å². The third-order valence-electron chi connectivity index (χ3n) is 4.69. The Bertz CT molecular complexity index is 1020. The van der Waals surface area contributed by atoms with Gasteiger partial charge in [0, 0.05) is 20.1 Å². The van der Waals surface area contributed by atoms with Crippen molar-refractivity contribution >= 4 is 33.2 Å². The molecule has 3 rings (SSSR count). The lowest BCUT2D eigenvalue weighted by atomic mass is 10.1. The van der Waals surface area contributed by atoms with E-state index in [-0.39, 0.29) is 17.2 Å². The van der Waals surface area contributed by atoms with Crippen molar-refractivity contribution in [1.82, 2.24) is 4.90 Å². The number of nitrogens with zero attached hydrogens (tertiary/aromatic N) is 2. The van der Waals surface area contributed by atoms with Gasteiger partial charge in [0.25, 0.3) is 11.8 Å². The summed E-state index contributed by atoms with van der Waals surface area (Å²) < 4.78 is 30.2. The summed E-state index contributed by atoms with van der Waals surface area (Å²) in [4.78, 5) is 27.5. The molecule has 0 unspecified atom stereocenters. The molecule has 9 heteroatoms. The highest BCUT2D eigenvalue weighted by atomic mass is 32.2. The molecule has 0 radical (unpaired) electrons. The SMILES string of the molecule is CN(c1ccccc1C(=O)Nc1ccccc1C(=O)N1CCOCC1)S(C)(=O)=O. The van der Waals surface area contributed by atoms with E-state index in [9.17, 15) is 18.0 Å². The molecule has 1 fully saturated rings. The summed E-state index contributed by atoms with van der Waals surface area (Å²) in [7, 11) is -2.15. The Labute approximate surface area is 170 Å². The van der Waals surface area contributed by atoms with E-state index in [2.05, 4.69) is 5.32 Å². The van der Waals surface area contributed by atoms with E-state index in [0.29, 0.717) is 37.6 Å². The molecular formula is C20H23N3O5S. The molecule has 0 aromatic heterocycles. The lowest BCUT2D eigenvalue weighted by Crippen LogP contribution is -2.41. The fourth-order valence-electron chi connectivity index (χ4n) is 3.02. The van der Waals surface area contributed by atoms with Crippen molar-refractivity contribution in [2.45, 2.75) is 0 Å². The number of carbonyl (C=O) groups excluding carboxylic acids is 2. The number of morpholine rings is 1. The van der Waals surface area contributed by atoms with Crippen LogP contribution in [0.15, 0.2) is 48.5 Å². The fourth-order valence-corrected chi connectivity index (χ4v) is 3.54. The van der Waals surface area contributed by atoms with Crippen LogP contribution in [0.1, 0.15) is 20.7 Å². The Balaban J connectivity index is 1.89. The molecule has 154 valence electrons. The second-order valence-corrected chi connectivity index (χ2v) is 8.67. The molecule has 2 aromatic rings. The number of anilines is 2. The Morgan fingerprint density at radius 3 is 2.24 bits per heavy atom. The van der Waals surface area contributed by atoms with Crippen LogP contribution in [0.5, 0.6) is 0 Å². The average Bonchev–Trinajstić information content (AvgIpc) is 2.73. The Kier molecular flexibility index (Phi) is 6.19. The first-order chi connectivity index (χ1) is 13.8. The molecule has 1 aliphatic rings. The van der Waals surface area contributed by atoms with Crippen molar-refractivity contribution in [2.75, 3.05) is 49.2 Å². The zero-order valence-electron chi connectivity index (χ0n) is 16.3. The number of benzene rings is 2. The third-order valence-corrected chi connectivity index (χ3v) is 5.88. The number of nitrogens with one attached hydrogen (secondary N) is 1. The normalized spacial score (nSPS) is 14.3. The molecule has 1 heterocycles. The van der Waals surface area contributed by atoms with Gasteiger partial charge in [0.2, 0.25) is 10.0 Å². The summed E-state index contributed by atoms with van der Waals surface area (Å²) in [6.45, 7) is 1.93. The minimum atomic E-state index is -3.54. The molecular weight excluding hydrogens is 394 g/mol. The maximum atomic E-state index is 12.9. The van der Waals surface area contributed by atoms with Gasteiger partial charge in [-0.2, -0.15) is 0 Å². The fraction of sp³-hybridized carbons (Fsp3) is 0.300. The first-order valence-corrected chi connectivity index (χ1v) is 10.9. The molecule has 1 aliphatic heterocycles. The lowest BCUT2D eigenvalue weighted by Gasteiger charge is -2.27. The maximum Gasteiger partial charge on any atom is 0.257 e. The van der Waals surface area contributed by atoms with Crippen molar-refractivity contribution in [3.8, 4) is 0 Å². The monoisotopic (exact) mass is 417 g/mol. The summed E-state index contributed by atoms with van der Waals surface area (Å²) in [5.74, 6) is -0.691. The molecule has 0 atom stereocenters. The Hall–Kier alpha value is -2.91. The van der Waals surface area contributed by atoms with Crippen LogP contribution < -0.4 is 9.62 Å². The zero-order chi connectivity index (χ0) is 21.0. The largest absolute Gasteiger partial charge is 0.378 e. The Morgan fingerprint density at radius 1 is 1.00 bits per heavy atom. The van der Waals surface area contributed by atoms with Crippen LogP contribution in [0, 0.1) is 0 Å². The Morgan fingerprint density at radius 2 is 1.59 bits per heavy atom. The predicted molar refractivity (Wildman–Crippen MR) is 111 cm³/mol. The van der Waals surface area contributed by atoms with Gasteiger partial charge in [-0.05, 0) is 24.3 Å². The second kappa shape index (κ2) is 8.62. The van der Waals surface area contributed by atoms with Crippen molar-refractivity contribution in [3.63, 3.8) is 0 Å². The minimum Gasteiger partial charge on any atom is -0.378 e. The van der Waals surface area contributed by atoms with E-state index in [4.69, 9.17) is 4.74 Å². The first kappa shape index (κ1) is 20.8. The van der Waals surface area contributed by atoms with Crippen LogP contribution in [-0.4, -0.2) is 64.7 Å². The van der Waals surface area contributed by atoms with E-state index in [1.54, 1.807) is 53.4 Å². The van der Waals surface area contributed by atoms with Crippen molar-refractivity contribution in [1.29, 1.82) is 0 Å². The summed E-state index contributed by atoms with van der Waals surface area (Å²) >= 11 is 0. The van der Waals surface area contributed by atoms with Crippen molar-refractivity contribution in [2.24, 2.45) is 0 Å². The number of ether oxygens (including phenoxy) is 1. The van der Waals surface area contributed by atoms with Crippen LogP contribution >= 0.6 is 0 Å². The molecule has 0 bridgehead atoms. The summed E-state index contributed by atoms with van der Waals surface area (Å²) in [5, 5.41) is 2.75. The molecule has 0 spiro atoms. The van der Waals surface area contributed by atoms with Gasteiger partial charge in [-0.1, -0.05) is 24.3 Å². The minimum absolute atomic E-state index is 0.189. The van der Waals surface area contributed by atoms with E-state index in [1.807, 2.05) is 0 Å². The summed E-state index contributed by atoms with van der Waals surface area (Å²) in [5.41, 5.74) is 1.18. The molecule has 0 saturated carbocycles. The average molecular weight is 417 g/mol. The maximum absolute atomic E-state index is 12.9. The smallest absolute Gasteiger partial charge is 0.257 e. The van der Waals surface area contributed by atoms with E-state index < -0.39 is 15.9 Å². The van der Waals surface area contributed by atoms with Gasteiger partial charge in [-0.3, -0.25) is 13.9 Å². The van der Waals surface area contributed by atoms with Gasteiger partial charge in [0.05, 0.1) is 42.0 Å². The van der Waals surface area contributed by atoms with E-state index in [1.165, 1.54) is 7.05 Å². The highest BCUT2D eigenvalue weighted by Crippen LogP contribution is 2.24. The molecule has 0 aliphatic carbocycles. The molecule has 2 amide bonds. The number of rotatable bonds is 5. The number of para-hydroxylation sites is 2. The highest BCUT2D eigenvalue weighted by molar-refractivity contribution is 7.92. The van der Waals surface area contributed by atoms with Gasteiger partial charge < -0.3 is 15.0 Å². The quantitative estimate of drug-likeness (QED) is 0.800. The van der Waals surface area contributed by atoms with E-state index >= 15 is 0 Å². The number of sulfonamides is 1. The van der Waals surface area contributed by atoms with Gasteiger partial charge >= 0.3 is 0 Å². The number of hydrogen-bond acceptors (Lipinski definition) is 5. The van der Waals surface area contributed by atoms with Crippen LogP contribution in [0.2, 0.25) is 0 Å². The molecule has 1 saturated heterocycles. The van der Waals surface area contributed by atoms with Gasteiger partial charge in [-0.15, -0.1) is 0 Å². The van der Waals surface area contributed by atoms with Crippen molar-refractivity contribution < 1.29 is 22.7 Å². The lowest BCUT2D eigenvalue weighted by molar-refractivity contribution is 0.0303. The van der Waals surface area contributed by atoms with Crippen LogP contribution in [0.4, 0.5) is 11.4 Å². The molecule has 29 heavy (non-hydrogen) atoms. The zero-order valence-corrected chi connectivity index (χ0v) is 17.1. The number of carbonyl (C=O) groups is 2. The van der Waals surface area contributed by atoms with Crippen molar-refractivity contribution in [3.05, 3.63) is 59.7 Å². The molecule has 2 aromatic carbocycles. The van der Waals surface area contributed by atoms with Gasteiger partial charge in [-0.25, -0.2) is 8.42 Å². The van der Waals surface area contributed by atoms with Gasteiger partial charge in [0.1, 0.15) is 0 Å². The standard InChI is InChI=1S/C20H23N3O5S/c1-22(29(2,26)27)18-10-6-4-8-16(18)19(24)21-17-9-5-3-7-15(17)20(25)23-11-13-28-14-12-23/h3-10H,11-14H2,1-2H3,(H,21,24). The molecule has 8 nitrogen and oxygen atoms in total. The van der Waals surface area contributed by atoms with Crippen LogP contribution in [-0.2, 0) is 14.8 Å². The predicted octanol–water partition coefficient (Wildman–Crippen LogP) is 1.81. The topological polar surface area (TPSA) is 96.0 Å². The summed E-state index contributed by atoms with van der Waals surface area (Å²) in [6.07, 6.45) is 1.07. The molecule has 1 N–H and O–H groups in total.